The number of nitrogens with zero attached hydrogens (tertiary/aromatic N) is 2. The highest BCUT2D eigenvalue weighted by Crippen LogP contribution is 2.12. The molecule has 3 heteroatoms. The highest BCUT2D eigenvalue weighted by Gasteiger charge is 2.24. The molecule has 1 fully saturated rings. The van der Waals surface area contributed by atoms with Gasteiger partial charge in [-0.2, -0.15) is 0 Å². The Morgan fingerprint density at radius 3 is 2.67 bits per heavy atom. The van der Waals surface area contributed by atoms with Crippen molar-refractivity contribution in [2.45, 2.75) is 40.2 Å². The van der Waals surface area contributed by atoms with Crippen molar-refractivity contribution in [3.8, 4) is 0 Å². The lowest BCUT2D eigenvalue weighted by molar-refractivity contribution is 0.0453. The third-order valence-electron chi connectivity index (χ3n) is 3.64. The van der Waals surface area contributed by atoms with E-state index in [4.69, 9.17) is 4.74 Å². The second-order valence-electron chi connectivity index (χ2n) is 5.34. The maximum atomic E-state index is 5.47. The lowest BCUT2D eigenvalue weighted by Crippen LogP contribution is -2.53. The minimum absolute atomic E-state index is 0.699. The van der Waals surface area contributed by atoms with Gasteiger partial charge in [0.15, 0.2) is 0 Å². The molecule has 1 heterocycles. The maximum Gasteiger partial charge on any atom is 0.0593 e. The lowest BCUT2D eigenvalue weighted by atomic mass is 10.1. The highest BCUT2D eigenvalue weighted by molar-refractivity contribution is 4.96. The van der Waals surface area contributed by atoms with Crippen LogP contribution < -0.4 is 0 Å². The smallest absolute Gasteiger partial charge is 0.0593 e. The summed E-state index contributed by atoms with van der Waals surface area (Å²) in [6.45, 7) is 16.2. The summed E-state index contributed by atoms with van der Waals surface area (Å²) in [6.07, 6.45) is 3.57. The van der Waals surface area contributed by atoms with E-state index in [0.29, 0.717) is 6.04 Å². The summed E-state index contributed by atoms with van der Waals surface area (Å²) >= 11 is 0. The molecule has 0 unspecified atom stereocenters. The summed E-state index contributed by atoms with van der Waals surface area (Å²) in [5.41, 5.74) is 1.42. The van der Waals surface area contributed by atoms with Gasteiger partial charge in [-0.3, -0.25) is 9.80 Å². The average molecular weight is 254 g/mol. The largest absolute Gasteiger partial charge is 0.380 e. The van der Waals surface area contributed by atoms with E-state index < -0.39 is 0 Å². The molecule has 0 aromatic carbocycles. The predicted octanol–water partition coefficient (Wildman–Crippen LogP) is 2.39. The van der Waals surface area contributed by atoms with Crippen LogP contribution >= 0.6 is 0 Å². The number of allylic oxidation sites excluding steroid dienone is 1. The molecular formula is C15H30N2O. The first kappa shape index (κ1) is 15.7. The Morgan fingerprint density at radius 1 is 1.28 bits per heavy atom. The van der Waals surface area contributed by atoms with Gasteiger partial charge in [0.05, 0.1) is 6.61 Å². The Balaban J connectivity index is 2.36. The molecule has 1 aliphatic rings. The van der Waals surface area contributed by atoms with Crippen molar-refractivity contribution in [3.05, 3.63) is 11.6 Å². The number of hydrogen-bond donors (Lipinski definition) is 0. The van der Waals surface area contributed by atoms with Gasteiger partial charge in [0, 0.05) is 45.4 Å². The van der Waals surface area contributed by atoms with E-state index in [-0.39, 0.29) is 0 Å². The summed E-state index contributed by atoms with van der Waals surface area (Å²) in [5.74, 6) is 0. The first-order valence-corrected chi connectivity index (χ1v) is 7.34. The van der Waals surface area contributed by atoms with Crippen molar-refractivity contribution in [1.82, 2.24) is 9.80 Å². The molecule has 3 nitrogen and oxygen atoms in total. The van der Waals surface area contributed by atoms with E-state index in [9.17, 15) is 0 Å². The maximum absolute atomic E-state index is 5.47. The van der Waals surface area contributed by atoms with Crippen LogP contribution in [-0.2, 0) is 4.74 Å². The first-order valence-electron chi connectivity index (χ1n) is 7.34. The Bertz CT molecular complexity index is 249. The molecule has 0 amide bonds. The van der Waals surface area contributed by atoms with Crippen LogP contribution in [0.15, 0.2) is 11.6 Å². The topological polar surface area (TPSA) is 15.7 Å². The summed E-state index contributed by atoms with van der Waals surface area (Å²) in [6, 6.07) is 0.699. The van der Waals surface area contributed by atoms with Crippen LogP contribution in [0, 0.1) is 0 Å². The molecule has 0 bridgehead atoms. The van der Waals surface area contributed by atoms with Gasteiger partial charge in [0.25, 0.3) is 0 Å². The monoisotopic (exact) mass is 254 g/mol. The summed E-state index contributed by atoms with van der Waals surface area (Å²) in [7, 11) is 0. The predicted molar refractivity (Wildman–Crippen MR) is 78.0 cm³/mol. The van der Waals surface area contributed by atoms with Crippen LogP contribution in [-0.4, -0.2) is 61.8 Å². The molecule has 0 aliphatic carbocycles. The summed E-state index contributed by atoms with van der Waals surface area (Å²) in [5, 5.41) is 0. The fourth-order valence-electron chi connectivity index (χ4n) is 2.44. The van der Waals surface area contributed by atoms with Crippen molar-refractivity contribution in [2.75, 3.05) is 45.9 Å². The Morgan fingerprint density at radius 2 is 2.06 bits per heavy atom. The van der Waals surface area contributed by atoms with Crippen LogP contribution in [0.25, 0.3) is 0 Å². The van der Waals surface area contributed by atoms with Gasteiger partial charge in [0.2, 0.25) is 0 Å². The standard InChI is InChI=1S/C15H30N2O/c1-5-15-13-16(8-7-14(3)4)9-10-17(15)11-12-18-6-2/h7,15H,5-6,8-13H2,1-4H3/t15-/m1/s1. The van der Waals surface area contributed by atoms with Gasteiger partial charge in [-0.1, -0.05) is 18.6 Å². The molecule has 0 aromatic rings. The zero-order valence-electron chi connectivity index (χ0n) is 12.6. The average Bonchev–Trinajstić information content (AvgIpc) is 2.37. The molecule has 18 heavy (non-hydrogen) atoms. The molecule has 0 N–H and O–H groups in total. The molecule has 0 aromatic heterocycles. The Labute approximate surface area is 113 Å². The zero-order valence-corrected chi connectivity index (χ0v) is 12.6. The van der Waals surface area contributed by atoms with Crippen molar-refractivity contribution in [1.29, 1.82) is 0 Å². The highest BCUT2D eigenvalue weighted by atomic mass is 16.5. The van der Waals surface area contributed by atoms with Crippen LogP contribution in [0.1, 0.15) is 34.1 Å². The van der Waals surface area contributed by atoms with E-state index in [1.165, 1.54) is 31.6 Å². The first-order chi connectivity index (χ1) is 8.67. The van der Waals surface area contributed by atoms with E-state index >= 15 is 0 Å². The van der Waals surface area contributed by atoms with E-state index in [1.807, 2.05) is 0 Å². The van der Waals surface area contributed by atoms with Gasteiger partial charge in [-0.05, 0) is 27.2 Å². The molecule has 106 valence electrons. The van der Waals surface area contributed by atoms with Gasteiger partial charge >= 0.3 is 0 Å². The molecule has 0 radical (unpaired) electrons. The van der Waals surface area contributed by atoms with Gasteiger partial charge in [-0.25, -0.2) is 0 Å². The molecule has 0 saturated carbocycles. The third kappa shape index (κ3) is 5.51. The molecule has 1 saturated heterocycles. The van der Waals surface area contributed by atoms with Crippen molar-refractivity contribution >= 4 is 0 Å². The fraction of sp³-hybridized carbons (Fsp3) is 0.867. The van der Waals surface area contributed by atoms with Gasteiger partial charge in [-0.15, -0.1) is 0 Å². The van der Waals surface area contributed by atoms with E-state index in [0.717, 1.165) is 26.3 Å². The van der Waals surface area contributed by atoms with Crippen molar-refractivity contribution in [3.63, 3.8) is 0 Å². The van der Waals surface area contributed by atoms with E-state index in [1.54, 1.807) is 0 Å². The van der Waals surface area contributed by atoms with Crippen LogP contribution in [0.4, 0.5) is 0 Å². The number of rotatable bonds is 7. The molecule has 0 spiro atoms. The molecule has 1 aliphatic heterocycles. The molecular weight excluding hydrogens is 224 g/mol. The number of hydrogen-bond acceptors (Lipinski definition) is 3. The van der Waals surface area contributed by atoms with Gasteiger partial charge < -0.3 is 4.74 Å². The SMILES string of the molecule is CCOCCN1CCN(CC=C(C)C)C[C@H]1CC. The Hall–Kier alpha value is -0.380. The minimum atomic E-state index is 0.699. The second-order valence-corrected chi connectivity index (χ2v) is 5.34. The quantitative estimate of drug-likeness (QED) is 0.512. The summed E-state index contributed by atoms with van der Waals surface area (Å²) < 4.78 is 5.47. The molecule has 1 atom stereocenters. The van der Waals surface area contributed by atoms with Crippen LogP contribution in [0.2, 0.25) is 0 Å². The normalized spacial score (nSPS) is 22.1. The Kier molecular flexibility index (Phi) is 7.56. The van der Waals surface area contributed by atoms with Crippen molar-refractivity contribution in [2.24, 2.45) is 0 Å². The lowest BCUT2D eigenvalue weighted by Gasteiger charge is -2.40. The number of piperazine rings is 1. The van der Waals surface area contributed by atoms with E-state index in [2.05, 4.69) is 43.6 Å². The third-order valence-corrected chi connectivity index (χ3v) is 3.64. The molecule has 1 rings (SSSR count). The number of ether oxygens (including phenoxy) is 1. The van der Waals surface area contributed by atoms with Crippen LogP contribution in [0.5, 0.6) is 0 Å². The second kappa shape index (κ2) is 8.68. The van der Waals surface area contributed by atoms with Crippen molar-refractivity contribution < 1.29 is 4.74 Å². The van der Waals surface area contributed by atoms with Crippen LogP contribution in [0.3, 0.4) is 0 Å². The minimum Gasteiger partial charge on any atom is -0.380 e. The van der Waals surface area contributed by atoms with Gasteiger partial charge in [0.1, 0.15) is 0 Å². The fourth-order valence-corrected chi connectivity index (χ4v) is 2.44. The summed E-state index contributed by atoms with van der Waals surface area (Å²) in [4.78, 5) is 5.16. The zero-order chi connectivity index (χ0) is 13.4.